The van der Waals surface area contributed by atoms with Crippen molar-refractivity contribution < 1.29 is 4.74 Å². The minimum absolute atomic E-state index is 0.442. The van der Waals surface area contributed by atoms with Crippen LogP contribution >= 0.6 is 0 Å². The van der Waals surface area contributed by atoms with Crippen molar-refractivity contribution in [1.29, 1.82) is 0 Å². The molecule has 1 nitrogen and oxygen atoms in total. The predicted molar refractivity (Wildman–Crippen MR) is 63.5 cm³/mol. The van der Waals surface area contributed by atoms with Crippen LogP contribution in [0.2, 0.25) is 0 Å². The summed E-state index contributed by atoms with van der Waals surface area (Å²) in [5.41, 5.74) is 0.442. The van der Waals surface area contributed by atoms with E-state index in [1.807, 2.05) is 0 Å². The summed E-state index contributed by atoms with van der Waals surface area (Å²) in [5, 5.41) is 0. The molecule has 14 heavy (non-hydrogen) atoms. The van der Waals surface area contributed by atoms with Crippen LogP contribution in [0, 0.1) is 11.3 Å². The maximum atomic E-state index is 5.49. The van der Waals surface area contributed by atoms with Crippen LogP contribution in [0.25, 0.3) is 0 Å². The molecule has 0 amide bonds. The zero-order valence-electron chi connectivity index (χ0n) is 10.5. The first-order chi connectivity index (χ1) is 6.42. The second-order valence-electron chi connectivity index (χ2n) is 5.41. The number of hydrogen-bond acceptors (Lipinski definition) is 1. The molecule has 0 unspecified atom stereocenters. The summed E-state index contributed by atoms with van der Waals surface area (Å²) in [4.78, 5) is 0. The van der Waals surface area contributed by atoms with Crippen LogP contribution in [-0.2, 0) is 4.74 Å². The van der Waals surface area contributed by atoms with Gasteiger partial charge in [0.1, 0.15) is 0 Å². The minimum atomic E-state index is 0.442. The van der Waals surface area contributed by atoms with Gasteiger partial charge in [-0.25, -0.2) is 0 Å². The number of hydrogen-bond donors (Lipinski definition) is 0. The first-order valence-corrected chi connectivity index (χ1v) is 5.66. The molecule has 1 heteroatoms. The summed E-state index contributed by atoms with van der Waals surface area (Å²) < 4.78 is 5.49. The Morgan fingerprint density at radius 3 is 2.36 bits per heavy atom. The Morgan fingerprint density at radius 1 is 1.21 bits per heavy atom. The summed E-state index contributed by atoms with van der Waals surface area (Å²) in [7, 11) is 0. The van der Waals surface area contributed by atoms with E-state index in [1.54, 1.807) is 0 Å². The third kappa shape index (κ3) is 11.7. The van der Waals surface area contributed by atoms with E-state index >= 15 is 0 Å². The fourth-order valence-corrected chi connectivity index (χ4v) is 1.18. The van der Waals surface area contributed by atoms with Crippen molar-refractivity contribution in [3.63, 3.8) is 0 Å². The van der Waals surface area contributed by atoms with E-state index in [4.69, 9.17) is 4.74 Å². The molecule has 84 valence electrons. The number of rotatable bonds is 6. The van der Waals surface area contributed by atoms with Gasteiger partial charge in [-0.15, -0.1) is 0 Å². The second kappa shape index (κ2) is 7.05. The third-order valence-electron chi connectivity index (χ3n) is 1.95. The molecule has 0 fully saturated rings. The van der Waals surface area contributed by atoms with E-state index < -0.39 is 0 Å². The normalized spacial score (nSPS) is 13.0. The lowest BCUT2D eigenvalue weighted by Gasteiger charge is -2.17. The lowest BCUT2D eigenvalue weighted by atomic mass is 9.91. The molecule has 0 rings (SSSR count). The molecular weight excluding hydrogens is 172 g/mol. The van der Waals surface area contributed by atoms with Crippen LogP contribution in [0.5, 0.6) is 0 Å². The van der Waals surface area contributed by atoms with E-state index in [2.05, 4.69) is 46.8 Å². The molecule has 0 bridgehead atoms. The Balaban J connectivity index is 3.23. The summed E-state index contributed by atoms with van der Waals surface area (Å²) >= 11 is 0. The molecule has 0 aliphatic carbocycles. The van der Waals surface area contributed by atoms with Crippen LogP contribution in [0.1, 0.15) is 47.5 Å². The van der Waals surface area contributed by atoms with Gasteiger partial charge in [-0.2, -0.15) is 0 Å². The SMILES string of the molecule is CC(C)C=CCOCCCC(C)(C)C. The molecule has 0 atom stereocenters. The van der Waals surface area contributed by atoms with Crippen LogP contribution in [-0.4, -0.2) is 13.2 Å². The zero-order valence-corrected chi connectivity index (χ0v) is 10.5. The predicted octanol–water partition coefficient (Wildman–Crippen LogP) is 4.04. The van der Waals surface area contributed by atoms with Gasteiger partial charge in [0.25, 0.3) is 0 Å². The van der Waals surface area contributed by atoms with Gasteiger partial charge >= 0.3 is 0 Å². The fraction of sp³-hybridized carbons (Fsp3) is 0.846. The van der Waals surface area contributed by atoms with Gasteiger partial charge in [-0.3, -0.25) is 0 Å². The number of allylic oxidation sites excluding steroid dienone is 1. The summed E-state index contributed by atoms with van der Waals surface area (Å²) in [6.45, 7) is 12.8. The highest BCUT2D eigenvalue weighted by Gasteiger charge is 2.08. The average Bonchev–Trinajstić information content (AvgIpc) is 2.00. The van der Waals surface area contributed by atoms with Crippen molar-refractivity contribution in [2.24, 2.45) is 11.3 Å². The van der Waals surface area contributed by atoms with Crippen molar-refractivity contribution in [2.45, 2.75) is 47.5 Å². The highest BCUT2D eigenvalue weighted by Crippen LogP contribution is 2.20. The second-order valence-corrected chi connectivity index (χ2v) is 5.41. The van der Waals surface area contributed by atoms with E-state index in [9.17, 15) is 0 Å². The Morgan fingerprint density at radius 2 is 1.86 bits per heavy atom. The van der Waals surface area contributed by atoms with Gasteiger partial charge in [-0.05, 0) is 24.2 Å². The smallest absolute Gasteiger partial charge is 0.0647 e. The van der Waals surface area contributed by atoms with E-state index in [0.29, 0.717) is 11.3 Å². The van der Waals surface area contributed by atoms with Crippen LogP contribution in [0.3, 0.4) is 0 Å². The third-order valence-corrected chi connectivity index (χ3v) is 1.95. The highest BCUT2D eigenvalue weighted by molar-refractivity contribution is 4.84. The maximum absolute atomic E-state index is 5.49. The summed E-state index contributed by atoms with van der Waals surface area (Å²) in [6.07, 6.45) is 6.70. The van der Waals surface area contributed by atoms with E-state index in [-0.39, 0.29) is 0 Å². The van der Waals surface area contributed by atoms with Crippen molar-refractivity contribution in [2.75, 3.05) is 13.2 Å². The first kappa shape index (κ1) is 13.7. The fourth-order valence-electron chi connectivity index (χ4n) is 1.18. The van der Waals surface area contributed by atoms with Gasteiger partial charge in [0.2, 0.25) is 0 Å². The summed E-state index contributed by atoms with van der Waals surface area (Å²) in [6, 6.07) is 0. The highest BCUT2D eigenvalue weighted by atomic mass is 16.5. The molecule has 0 spiro atoms. The Labute approximate surface area is 89.5 Å². The van der Waals surface area contributed by atoms with Crippen molar-refractivity contribution in [3.05, 3.63) is 12.2 Å². The summed E-state index contributed by atoms with van der Waals surface area (Å²) in [5.74, 6) is 0.633. The van der Waals surface area contributed by atoms with Crippen molar-refractivity contribution in [1.82, 2.24) is 0 Å². The van der Waals surface area contributed by atoms with Gasteiger partial charge in [-0.1, -0.05) is 46.8 Å². The molecule has 0 aromatic carbocycles. The van der Waals surface area contributed by atoms with Crippen LogP contribution < -0.4 is 0 Å². The standard InChI is InChI=1S/C13H26O/c1-12(2)8-6-10-14-11-7-9-13(3,4)5/h6,8,12H,7,9-11H2,1-5H3. The lowest BCUT2D eigenvalue weighted by molar-refractivity contribution is 0.147. The van der Waals surface area contributed by atoms with Crippen molar-refractivity contribution in [3.8, 4) is 0 Å². The minimum Gasteiger partial charge on any atom is -0.377 e. The van der Waals surface area contributed by atoms with Crippen molar-refractivity contribution >= 4 is 0 Å². The van der Waals surface area contributed by atoms with E-state index in [0.717, 1.165) is 13.2 Å². The van der Waals surface area contributed by atoms with Gasteiger partial charge in [0, 0.05) is 6.61 Å². The largest absolute Gasteiger partial charge is 0.377 e. The Kier molecular flexibility index (Phi) is 6.90. The molecule has 0 aliphatic rings. The average molecular weight is 198 g/mol. The molecule has 0 saturated heterocycles. The molecule has 0 heterocycles. The molecule has 0 aliphatic heterocycles. The number of ether oxygens (including phenoxy) is 1. The maximum Gasteiger partial charge on any atom is 0.0647 e. The Hall–Kier alpha value is -0.300. The zero-order chi connectivity index (χ0) is 11.0. The molecule has 0 radical (unpaired) electrons. The topological polar surface area (TPSA) is 9.23 Å². The quantitative estimate of drug-likeness (QED) is 0.462. The first-order valence-electron chi connectivity index (χ1n) is 5.66. The van der Waals surface area contributed by atoms with Gasteiger partial charge < -0.3 is 4.74 Å². The molecular formula is C13H26O. The monoisotopic (exact) mass is 198 g/mol. The lowest BCUT2D eigenvalue weighted by Crippen LogP contribution is -2.06. The molecule has 0 N–H and O–H groups in total. The molecule has 0 aromatic rings. The molecule has 0 aromatic heterocycles. The Bertz CT molecular complexity index is 151. The van der Waals surface area contributed by atoms with E-state index in [1.165, 1.54) is 12.8 Å². The molecule has 0 saturated carbocycles. The van der Waals surface area contributed by atoms with Gasteiger partial charge in [0.15, 0.2) is 0 Å². The van der Waals surface area contributed by atoms with Gasteiger partial charge in [0.05, 0.1) is 6.61 Å². The van der Waals surface area contributed by atoms with Crippen LogP contribution in [0.4, 0.5) is 0 Å². The van der Waals surface area contributed by atoms with Crippen LogP contribution in [0.15, 0.2) is 12.2 Å².